The number of benzene rings is 2. The first-order chi connectivity index (χ1) is 13.9. The first-order valence-electron chi connectivity index (χ1n) is 8.72. The molecule has 0 unspecified atom stereocenters. The minimum absolute atomic E-state index is 0.0777. The Labute approximate surface area is 166 Å². The maximum atomic E-state index is 12.5. The van der Waals surface area contributed by atoms with Gasteiger partial charge in [-0.05, 0) is 43.3 Å². The molecule has 0 aliphatic carbocycles. The number of hydrogen-bond donors (Lipinski definition) is 2. The lowest BCUT2D eigenvalue weighted by Crippen LogP contribution is -2.14. The summed E-state index contributed by atoms with van der Waals surface area (Å²) < 4.78 is 37.5. The van der Waals surface area contributed by atoms with Crippen molar-refractivity contribution in [3.8, 4) is 0 Å². The van der Waals surface area contributed by atoms with Crippen molar-refractivity contribution in [3.05, 3.63) is 82.4 Å². The summed E-state index contributed by atoms with van der Waals surface area (Å²) in [7, 11) is -3.78. The molecule has 0 amide bonds. The van der Waals surface area contributed by atoms with Gasteiger partial charge in [-0.2, -0.15) is 0 Å². The first kappa shape index (κ1) is 18.8. The predicted octanol–water partition coefficient (Wildman–Crippen LogP) is 3.50. The maximum absolute atomic E-state index is 12.5. The van der Waals surface area contributed by atoms with Crippen LogP contribution in [0.1, 0.15) is 11.3 Å². The second-order valence-electron chi connectivity index (χ2n) is 6.39. The zero-order valence-electron chi connectivity index (χ0n) is 15.4. The summed E-state index contributed by atoms with van der Waals surface area (Å²) in [5, 5.41) is 7.23. The van der Waals surface area contributed by atoms with Crippen LogP contribution in [-0.2, 0) is 16.6 Å². The summed E-state index contributed by atoms with van der Waals surface area (Å²) in [6.07, 6.45) is 1.43. The van der Waals surface area contributed by atoms with E-state index in [9.17, 15) is 13.2 Å². The van der Waals surface area contributed by atoms with Crippen molar-refractivity contribution in [2.75, 3.05) is 10.0 Å². The number of hydrogen-bond acceptors (Lipinski definition) is 7. The maximum Gasteiger partial charge on any atom is 0.263 e. The van der Waals surface area contributed by atoms with Crippen LogP contribution in [0.3, 0.4) is 0 Å². The number of nitrogens with zero attached hydrogens (tertiary/aromatic N) is 1. The SMILES string of the molecule is Cc1cc(NS(=O)(=O)c2ccc(NCc3coc4ccccc4c3=O)cc2)no1. The molecule has 0 aliphatic heterocycles. The molecule has 0 spiro atoms. The van der Waals surface area contributed by atoms with Crippen LogP contribution in [0.2, 0.25) is 0 Å². The van der Waals surface area contributed by atoms with Crippen LogP contribution in [0.25, 0.3) is 11.0 Å². The highest BCUT2D eigenvalue weighted by atomic mass is 32.2. The second-order valence-corrected chi connectivity index (χ2v) is 8.07. The van der Waals surface area contributed by atoms with Gasteiger partial charge in [-0.25, -0.2) is 8.42 Å². The van der Waals surface area contributed by atoms with Gasteiger partial charge in [0.25, 0.3) is 10.0 Å². The van der Waals surface area contributed by atoms with E-state index >= 15 is 0 Å². The number of para-hydroxylation sites is 1. The molecular formula is C20H17N3O5S. The Kier molecular flexibility index (Phi) is 4.81. The average molecular weight is 411 g/mol. The van der Waals surface area contributed by atoms with Crippen LogP contribution in [-0.4, -0.2) is 13.6 Å². The third-order valence-electron chi connectivity index (χ3n) is 4.27. The Balaban J connectivity index is 1.47. The molecule has 0 bridgehead atoms. The molecule has 2 N–H and O–H groups in total. The van der Waals surface area contributed by atoms with E-state index in [1.807, 2.05) is 0 Å². The molecule has 29 heavy (non-hydrogen) atoms. The van der Waals surface area contributed by atoms with E-state index in [4.69, 9.17) is 8.94 Å². The van der Waals surface area contributed by atoms with Gasteiger partial charge in [-0.3, -0.25) is 9.52 Å². The molecule has 0 atom stereocenters. The number of sulfonamides is 1. The van der Waals surface area contributed by atoms with E-state index in [0.29, 0.717) is 28.0 Å². The quantitative estimate of drug-likeness (QED) is 0.499. The molecule has 9 heteroatoms. The van der Waals surface area contributed by atoms with Crippen molar-refractivity contribution in [1.29, 1.82) is 0 Å². The van der Waals surface area contributed by atoms with Crippen molar-refractivity contribution in [3.63, 3.8) is 0 Å². The molecule has 2 aromatic heterocycles. The Morgan fingerprint density at radius 2 is 1.83 bits per heavy atom. The minimum Gasteiger partial charge on any atom is -0.464 e. The second kappa shape index (κ2) is 7.44. The van der Waals surface area contributed by atoms with Gasteiger partial charge < -0.3 is 14.3 Å². The van der Waals surface area contributed by atoms with Gasteiger partial charge in [0.15, 0.2) is 11.2 Å². The summed E-state index contributed by atoms with van der Waals surface area (Å²) >= 11 is 0. The summed E-state index contributed by atoms with van der Waals surface area (Å²) in [5.74, 6) is 0.619. The van der Waals surface area contributed by atoms with E-state index in [-0.39, 0.29) is 22.7 Å². The number of nitrogens with one attached hydrogen (secondary N) is 2. The van der Waals surface area contributed by atoms with Crippen LogP contribution < -0.4 is 15.5 Å². The van der Waals surface area contributed by atoms with Gasteiger partial charge in [-0.15, -0.1) is 0 Å². The van der Waals surface area contributed by atoms with Gasteiger partial charge in [0.2, 0.25) is 0 Å². The monoisotopic (exact) mass is 411 g/mol. The van der Waals surface area contributed by atoms with Crippen molar-refractivity contribution in [2.24, 2.45) is 0 Å². The molecule has 8 nitrogen and oxygen atoms in total. The van der Waals surface area contributed by atoms with Crippen molar-refractivity contribution < 1.29 is 17.4 Å². The number of aromatic nitrogens is 1. The molecule has 4 rings (SSSR count). The third kappa shape index (κ3) is 3.99. The van der Waals surface area contributed by atoms with Gasteiger partial charge in [0, 0.05) is 18.3 Å². The Morgan fingerprint density at radius 1 is 1.07 bits per heavy atom. The fraction of sp³-hybridized carbons (Fsp3) is 0.100. The van der Waals surface area contributed by atoms with Crippen molar-refractivity contribution in [2.45, 2.75) is 18.4 Å². The fourth-order valence-electron chi connectivity index (χ4n) is 2.80. The third-order valence-corrected chi connectivity index (χ3v) is 5.64. The molecule has 0 saturated carbocycles. The largest absolute Gasteiger partial charge is 0.464 e. The highest BCUT2D eigenvalue weighted by molar-refractivity contribution is 7.92. The predicted molar refractivity (Wildman–Crippen MR) is 108 cm³/mol. The van der Waals surface area contributed by atoms with E-state index < -0.39 is 10.0 Å². The number of anilines is 2. The van der Waals surface area contributed by atoms with Gasteiger partial charge in [0.1, 0.15) is 11.3 Å². The molecule has 0 radical (unpaired) electrons. The van der Waals surface area contributed by atoms with E-state index in [2.05, 4.69) is 15.2 Å². The zero-order valence-corrected chi connectivity index (χ0v) is 16.2. The van der Waals surface area contributed by atoms with Crippen LogP contribution in [0.4, 0.5) is 11.5 Å². The summed E-state index contributed by atoms with van der Waals surface area (Å²) in [6, 6.07) is 14.7. The molecule has 0 saturated heterocycles. The molecule has 2 aromatic carbocycles. The molecule has 0 fully saturated rings. The number of fused-ring (bicyclic) bond motifs is 1. The fourth-order valence-corrected chi connectivity index (χ4v) is 3.78. The molecule has 148 valence electrons. The van der Waals surface area contributed by atoms with Crippen LogP contribution in [0.5, 0.6) is 0 Å². The summed E-state index contributed by atoms with van der Waals surface area (Å²) in [5.41, 5.74) is 1.56. The zero-order chi connectivity index (χ0) is 20.4. The van der Waals surface area contributed by atoms with E-state index in [0.717, 1.165) is 0 Å². The first-order valence-corrected chi connectivity index (χ1v) is 10.2. The van der Waals surface area contributed by atoms with Crippen LogP contribution >= 0.6 is 0 Å². The smallest absolute Gasteiger partial charge is 0.263 e. The van der Waals surface area contributed by atoms with Crippen LogP contribution in [0.15, 0.2) is 79.5 Å². The lowest BCUT2D eigenvalue weighted by Gasteiger charge is -2.09. The van der Waals surface area contributed by atoms with Gasteiger partial charge in [-0.1, -0.05) is 17.3 Å². The standard InChI is InChI=1S/C20H17N3O5S/c1-13-10-19(22-28-13)23-29(25,26)16-8-6-15(7-9-16)21-11-14-12-27-18-5-3-2-4-17(18)20(14)24/h2-10,12,21H,11H2,1H3,(H,22,23). The number of aryl methyl sites for hydroxylation is 1. The lowest BCUT2D eigenvalue weighted by molar-refractivity contribution is 0.400. The molecular weight excluding hydrogens is 394 g/mol. The highest BCUT2D eigenvalue weighted by Gasteiger charge is 2.16. The van der Waals surface area contributed by atoms with E-state index in [1.165, 1.54) is 24.5 Å². The van der Waals surface area contributed by atoms with Crippen molar-refractivity contribution >= 4 is 32.5 Å². The Bertz CT molecular complexity index is 1320. The van der Waals surface area contributed by atoms with Crippen LogP contribution in [0, 0.1) is 6.92 Å². The van der Waals surface area contributed by atoms with Gasteiger partial charge in [0.05, 0.1) is 22.1 Å². The lowest BCUT2D eigenvalue weighted by atomic mass is 10.1. The summed E-state index contributed by atoms with van der Waals surface area (Å²) in [6.45, 7) is 1.91. The van der Waals surface area contributed by atoms with Gasteiger partial charge >= 0.3 is 0 Å². The minimum atomic E-state index is -3.78. The summed E-state index contributed by atoms with van der Waals surface area (Å²) in [4.78, 5) is 12.6. The molecule has 0 aliphatic rings. The van der Waals surface area contributed by atoms with Crippen molar-refractivity contribution in [1.82, 2.24) is 5.16 Å². The number of rotatable bonds is 6. The van der Waals surface area contributed by atoms with E-state index in [1.54, 1.807) is 43.3 Å². The topological polar surface area (TPSA) is 114 Å². The molecule has 2 heterocycles. The Morgan fingerprint density at radius 3 is 2.55 bits per heavy atom. The highest BCUT2D eigenvalue weighted by Crippen LogP contribution is 2.19. The normalized spacial score (nSPS) is 11.5. The average Bonchev–Trinajstić information content (AvgIpc) is 3.12. The molecule has 4 aromatic rings. The Hall–Kier alpha value is -3.59.